The number of nitrogens with zero attached hydrogens (tertiary/aromatic N) is 3. The van der Waals surface area contributed by atoms with E-state index in [1.54, 1.807) is 22.9 Å². The number of rotatable bonds is 2. The Morgan fingerprint density at radius 1 is 1.19 bits per heavy atom. The predicted octanol–water partition coefficient (Wildman–Crippen LogP) is 2.81. The molecule has 0 bridgehead atoms. The van der Waals surface area contributed by atoms with E-state index in [4.69, 9.17) is 5.73 Å². The highest BCUT2D eigenvalue weighted by atomic mass is 32.1. The maximum Gasteiger partial charge on any atom is 0.252 e. The summed E-state index contributed by atoms with van der Waals surface area (Å²) in [5, 5.41) is 5.18. The van der Waals surface area contributed by atoms with Crippen molar-refractivity contribution in [2.75, 3.05) is 0 Å². The molecule has 6 heteroatoms. The lowest BCUT2D eigenvalue weighted by molar-refractivity contribution is 0.0999. The Hall–Kier alpha value is -2.21. The second-order valence-electron chi connectivity index (χ2n) is 5.20. The summed E-state index contributed by atoms with van der Waals surface area (Å²) < 4.78 is 2.86. The third-order valence-electron chi connectivity index (χ3n) is 3.65. The van der Waals surface area contributed by atoms with Crippen molar-refractivity contribution in [2.24, 2.45) is 5.73 Å². The Labute approximate surface area is 126 Å². The Morgan fingerprint density at radius 2 is 1.86 bits per heavy atom. The molecule has 0 spiro atoms. The number of carbonyl (C=O) groups is 1. The van der Waals surface area contributed by atoms with Crippen LogP contribution in [0.1, 0.15) is 32.9 Å². The first-order valence-electron chi connectivity index (χ1n) is 6.63. The van der Waals surface area contributed by atoms with E-state index >= 15 is 0 Å². The van der Waals surface area contributed by atoms with Crippen LogP contribution in [-0.2, 0) is 0 Å². The van der Waals surface area contributed by atoms with Crippen molar-refractivity contribution in [1.29, 1.82) is 0 Å². The zero-order valence-electron chi connectivity index (χ0n) is 12.4. The average molecular weight is 300 g/mol. The second kappa shape index (κ2) is 4.66. The SMILES string of the molecule is Cc1nn(-c2nc3c(C)ccc(C)c3s2)c(C)c1C(N)=O. The maximum absolute atomic E-state index is 11.5. The standard InChI is InChI=1S/C15H16N4OS/c1-7-5-6-8(2)13-12(7)17-15(21-13)19-10(4)11(14(16)20)9(3)18-19/h5-6H,1-4H3,(H2,16,20). The van der Waals surface area contributed by atoms with Crippen molar-refractivity contribution in [2.45, 2.75) is 27.7 Å². The van der Waals surface area contributed by atoms with Crippen LogP contribution < -0.4 is 5.73 Å². The van der Waals surface area contributed by atoms with Gasteiger partial charge in [-0.05, 0) is 38.8 Å². The Kier molecular flexibility index (Phi) is 3.06. The quantitative estimate of drug-likeness (QED) is 0.791. The third kappa shape index (κ3) is 2.03. The molecule has 0 unspecified atom stereocenters. The van der Waals surface area contributed by atoms with Crippen molar-refractivity contribution in [3.63, 3.8) is 0 Å². The van der Waals surface area contributed by atoms with Crippen molar-refractivity contribution in [1.82, 2.24) is 14.8 Å². The Bertz CT molecular complexity index is 837. The van der Waals surface area contributed by atoms with E-state index in [2.05, 4.69) is 29.1 Å². The molecule has 1 aromatic carbocycles. The number of amides is 1. The fourth-order valence-electron chi connectivity index (χ4n) is 2.52. The molecule has 3 rings (SSSR count). The molecule has 0 fully saturated rings. The largest absolute Gasteiger partial charge is 0.365 e. The van der Waals surface area contributed by atoms with Crippen LogP contribution in [0.25, 0.3) is 15.3 Å². The van der Waals surface area contributed by atoms with Gasteiger partial charge in [0.15, 0.2) is 0 Å². The number of primary amides is 1. The van der Waals surface area contributed by atoms with Crippen LogP contribution in [0.15, 0.2) is 12.1 Å². The summed E-state index contributed by atoms with van der Waals surface area (Å²) in [6.07, 6.45) is 0. The maximum atomic E-state index is 11.5. The number of benzene rings is 1. The van der Waals surface area contributed by atoms with E-state index < -0.39 is 5.91 Å². The third-order valence-corrected chi connectivity index (χ3v) is 4.82. The first-order chi connectivity index (χ1) is 9.90. The number of aromatic nitrogens is 3. The number of carbonyl (C=O) groups excluding carboxylic acids is 1. The summed E-state index contributed by atoms with van der Waals surface area (Å²) in [5.74, 6) is -0.454. The molecular weight excluding hydrogens is 284 g/mol. The average Bonchev–Trinajstić information content (AvgIpc) is 2.96. The van der Waals surface area contributed by atoms with Gasteiger partial charge in [0.25, 0.3) is 5.91 Å². The monoisotopic (exact) mass is 300 g/mol. The molecule has 0 aliphatic rings. The van der Waals surface area contributed by atoms with Crippen LogP contribution >= 0.6 is 11.3 Å². The number of thiazole rings is 1. The molecule has 0 aliphatic heterocycles. The van der Waals surface area contributed by atoms with Crippen LogP contribution in [0.3, 0.4) is 0 Å². The van der Waals surface area contributed by atoms with Crippen molar-refractivity contribution in [3.8, 4) is 5.13 Å². The molecule has 2 aromatic heterocycles. The molecule has 0 atom stereocenters. The summed E-state index contributed by atoms with van der Waals surface area (Å²) in [6, 6.07) is 4.16. The van der Waals surface area contributed by atoms with Gasteiger partial charge in [0.1, 0.15) is 0 Å². The lowest BCUT2D eigenvalue weighted by Gasteiger charge is -1.98. The van der Waals surface area contributed by atoms with E-state index in [0.717, 1.165) is 26.6 Å². The van der Waals surface area contributed by atoms with E-state index in [1.165, 1.54) is 5.56 Å². The Morgan fingerprint density at radius 3 is 2.43 bits per heavy atom. The molecule has 2 N–H and O–H groups in total. The highest BCUT2D eigenvalue weighted by Gasteiger charge is 2.19. The van der Waals surface area contributed by atoms with Crippen LogP contribution in [0.5, 0.6) is 0 Å². The molecule has 21 heavy (non-hydrogen) atoms. The summed E-state index contributed by atoms with van der Waals surface area (Å²) in [5.41, 5.74) is 10.6. The van der Waals surface area contributed by atoms with Gasteiger partial charge >= 0.3 is 0 Å². The molecule has 2 heterocycles. The van der Waals surface area contributed by atoms with E-state index in [9.17, 15) is 4.79 Å². The lowest BCUT2D eigenvalue weighted by Crippen LogP contribution is -2.13. The van der Waals surface area contributed by atoms with Crippen LogP contribution in [-0.4, -0.2) is 20.7 Å². The van der Waals surface area contributed by atoms with Crippen LogP contribution in [0, 0.1) is 27.7 Å². The Balaban J connectivity index is 2.27. The number of hydrogen-bond acceptors (Lipinski definition) is 4. The normalized spacial score (nSPS) is 11.2. The van der Waals surface area contributed by atoms with Crippen molar-refractivity contribution >= 4 is 27.5 Å². The highest BCUT2D eigenvalue weighted by molar-refractivity contribution is 7.21. The highest BCUT2D eigenvalue weighted by Crippen LogP contribution is 2.31. The number of hydrogen-bond donors (Lipinski definition) is 1. The van der Waals surface area contributed by atoms with Gasteiger partial charge in [0.2, 0.25) is 5.13 Å². The zero-order valence-corrected chi connectivity index (χ0v) is 13.2. The van der Waals surface area contributed by atoms with Gasteiger partial charge < -0.3 is 5.73 Å². The summed E-state index contributed by atoms with van der Waals surface area (Å²) in [6.45, 7) is 7.74. The van der Waals surface area contributed by atoms with Gasteiger partial charge in [0, 0.05) is 0 Å². The number of aryl methyl sites for hydroxylation is 3. The molecular formula is C15H16N4OS. The van der Waals surface area contributed by atoms with Gasteiger partial charge in [-0.3, -0.25) is 4.79 Å². The molecule has 1 amide bonds. The summed E-state index contributed by atoms with van der Waals surface area (Å²) in [7, 11) is 0. The fraction of sp³-hybridized carbons (Fsp3) is 0.267. The molecule has 0 saturated carbocycles. The van der Waals surface area contributed by atoms with E-state index in [1.807, 2.05) is 13.8 Å². The molecule has 0 saturated heterocycles. The number of nitrogens with two attached hydrogens (primary N) is 1. The van der Waals surface area contributed by atoms with E-state index in [0.29, 0.717) is 11.3 Å². The molecule has 3 aromatic rings. The molecule has 5 nitrogen and oxygen atoms in total. The zero-order chi connectivity index (χ0) is 15.3. The van der Waals surface area contributed by atoms with Gasteiger partial charge in [-0.15, -0.1) is 0 Å². The minimum Gasteiger partial charge on any atom is -0.365 e. The smallest absolute Gasteiger partial charge is 0.252 e. The van der Waals surface area contributed by atoms with Crippen LogP contribution in [0.2, 0.25) is 0 Å². The number of fused-ring (bicyclic) bond motifs is 1. The first-order valence-corrected chi connectivity index (χ1v) is 7.45. The van der Waals surface area contributed by atoms with Gasteiger partial charge in [-0.1, -0.05) is 23.5 Å². The van der Waals surface area contributed by atoms with Gasteiger partial charge in [-0.2, -0.15) is 5.10 Å². The minimum atomic E-state index is -0.454. The van der Waals surface area contributed by atoms with Gasteiger partial charge in [0.05, 0.1) is 27.2 Å². The summed E-state index contributed by atoms with van der Waals surface area (Å²) in [4.78, 5) is 16.2. The van der Waals surface area contributed by atoms with Gasteiger partial charge in [-0.25, -0.2) is 9.67 Å². The summed E-state index contributed by atoms with van der Waals surface area (Å²) >= 11 is 1.58. The molecule has 108 valence electrons. The topological polar surface area (TPSA) is 73.8 Å². The fourth-order valence-corrected chi connectivity index (χ4v) is 3.64. The van der Waals surface area contributed by atoms with Crippen molar-refractivity contribution in [3.05, 3.63) is 40.2 Å². The first kappa shape index (κ1) is 13.8. The predicted molar refractivity (Wildman–Crippen MR) is 84.2 cm³/mol. The molecule has 0 aliphatic carbocycles. The lowest BCUT2D eigenvalue weighted by atomic mass is 10.1. The van der Waals surface area contributed by atoms with E-state index in [-0.39, 0.29) is 0 Å². The van der Waals surface area contributed by atoms with Crippen molar-refractivity contribution < 1.29 is 4.79 Å². The molecule has 0 radical (unpaired) electrons. The second-order valence-corrected chi connectivity index (χ2v) is 6.17. The van der Waals surface area contributed by atoms with Crippen LogP contribution in [0.4, 0.5) is 0 Å². The minimum absolute atomic E-state index is 0.454.